The number of methoxy groups -OCH3 is 1. The molecule has 0 bridgehead atoms. The van der Waals surface area contributed by atoms with Crippen LogP contribution in [0.3, 0.4) is 0 Å². The summed E-state index contributed by atoms with van der Waals surface area (Å²) in [6, 6.07) is 6.19. The average molecular weight is 275 g/mol. The molecule has 0 saturated heterocycles. The number of nitrogens with zero attached hydrogens (tertiary/aromatic N) is 1. The van der Waals surface area contributed by atoms with Crippen molar-refractivity contribution < 1.29 is 9.53 Å². The van der Waals surface area contributed by atoms with Crippen molar-refractivity contribution in [2.75, 3.05) is 7.11 Å². The largest absolute Gasteiger partial charge is 0.468 e. The second kappa shape index (κ2) is 7.13. The maximum Gasteiger partial charge on any atom is 0.322 e. The molecule has 1 aromatic carbocycles. The molecular weight excluding hydrogens is 263 g/mol. The van der Waals surface area contributed by atoms with Crippen LogP contribution in [0, 0.1) is 11.3 Å². The molecule has 1 aromatic rings. The normalized spacial score (nSPS) is 10.9. The van der Waals surface area contributed by atoms with Gasteiger partial charge in [0.1, 0.15) is 12.1 Å². The van der Waals surface area contributed by atoms with Gasteiger partial charge in [-0.05, 0) is 24.1 Å². The number of benzene rings is 1. The van der Waals surface area contributed by atoms with E-state index >= 15 is 0 Å². The molecule has 0 amide bonds. The van der Waals surface area contributed by atoms with E-state index in [4.69, 9.17) is 22.6 Å². The van der Waals surface area contributed by atoms with Gasteiger partial charge < -0.3 is 10.5 Å². The van der Waals surface area contributed by atoms with Gasteiger partial charge in [0.25, 0.3) is 0 Å². The number of rotatable bonds is 3. The molecule has 0 aromatic heterocycles. The third-order valence-electron chi connectivity index (χ3n) is 2.11. The quantitative estimate of drug-likeness (QED) is 0.851. The van der Waals surface area contributed by atoms with Gasteiger partial charge in [0.05, 0.1) is 17.7 Å². The van der Waals surface area contributed by atoms with Crippen LogP contribution in [0.1, 0.15) is 11.1 Å². The van der Waals surface area contributed by atoms with Gasteiger partial charge in [-0.15, -0.1) is 12.4 Å². The van der Waals surface area contributed by atoms with Crippen molar-refractivity contribution in [2.24, 2.45) is 5.73 Å². The standard InChI is InChI=1S/C11H11ClN2O2.ClH/c1-16-11(15)10(14)5-7-2-3-9(12)8(4-7)6-13;/h2-4,10H,5,14H2,1H3;1H. The summed E-state index contributed by atoms with van der Waals surface area (Å²) in [5.41, 5.74) is 6.75. The fourth-order valence-electron chi connectivity index (χ4n) is 1.27. The van der Waals surface area contributed by atoms with Crippen molar-refractivity contribution in [3.63, 3.8) is 0 Å². The number of esters is 1. The summed E-state index contributed by atoms with van der Waals surface area (Å²) in [7, 11) is 1.28. The maximum atomic E-state index is 11.1. The van der Waals surface area contributed by atoms with Crippen molar-refractivity contribution in [2.45, 2.75) is 12.5 Å². The van der Waals surface area contributed by atoms with Crippen molar-refractivity contribution in [1.82, 2.24) is 0 Å². The van der Waals surface area contributed by atoms with Gasteiger partial charge >= 0.3 is 5.97 Å². The zero-order valence-electron chi connectivity index (χ0n) is 9.14. The van der Waals surface area contributed by atoms with E-state index < -0.39 is 12.0 Å². The summed E-state index contributed by atoms with van der Waals surface area (Å²) in [4.78, 5) is 11.1. The first-order chi connectivity index (χ1) is 7.58. The molecule has 1 unspecified atom stereocenters. The molecule has 0 heterocycles. The van der Waals surface area contributed by atoms with Crippen LogP contribution in [0.5, 0.6) is 0 Å². The Balaban J connectivity index is 0.00000256. The van der Waals surface area contributed by atoms with Crippen LogP contribution in [-0.4, -0.2) is 19.1 Å². The lowest BCUT2D eigenvalue weighted by molar-refractivity contribution is -0.142. The average Bonchev–Trinajstić information content (AvgIpc) is 2.30. The molecule has 0 spiro atoms. The number of hydrogen-bond acceptors (Lipinski definition) is 4. The molecule has 6 heteroatoms. The van der Waals surface area contributed by atoms with E-state index in [0.717, 1.165) is 5.56 Å². The summed E-state index contributed by atoms with van der Waals surface area (Å²) in [5, 5.41) is 9.16. The molecule has 0 aliphatic heterocycles. The molecule has 0 aliphatic carbocycles. The summed E-state index contributed by atoms with van der Waals surface area (Å²) < 4.78 is 4.51. The second-order valence-corrected chi connectivity index (χ2v) is 3.67. The summed E-state index contributed by atoms with van der Waals surface area (Å²) in [5.74, 6) is -0.478. The van der Waals surface area contributed by atoms with Crippen LogP contribution < -0.4 is 5.73 Å². The second-order valence-electron chi connectivity index (χ2n) is 3.26. The molecule has 2 N–H and O–H groups in total. The van der Waals surface area contributed by atoms with Crippen LogP contribution in [0.4, 0.5) is 0 Å². The fraction of sp³-hybridized carbons (Fsp3) is 0.273. The van der Waals surface area contributed by atoms with Crippen molar-refractivity contribution in [3.05, 3.63) is 34.3 Å². The summed E-state index contributed by atoms with van der Waals surface area (Å²) >= 11 is 5.78. The highest BCUT2D eigenvalue weighted by molar-refractivity contribution is 6.31. The lowest BCUT2D eigenvalue weighted by Crippen LogP contribution is -2.33. The molecule has 1 rings (SSSR count). The third kappa shape index (κ3) is 4.23. The predicted octanol–water partition coefficient (Wildman–Crippen LogP) is 1.68. The van der Waals surface area contributed by atoms with E-state index in [9.17, 15) is 4.79 Å². The number of nitriles is 1. The Morgan fingerprint density at radius 1 is 1.65 bits per heavy atom. The first-order valence-corrected chi connectivity index (χ1v) is 4.98. The maximum absolute atomic E-state index is 11.1. The highest BCUT2D eigenvalue weighted by Crippen LogP contribution is 2.17. The van der Waals surface area contributed by atoms with Gasteiger partial charge in [0.2, 0.25) is 0 Å². The van der Waals surface area contributed by atoms with Gasteiger partial charge in [-0.1, -0.05) is 17.7 Å². The van der Waals surface area contributed by atoms with Gasteiger partial charge in [-0.2, -0.15) is 5.26 Å². The lowest BCUT2D eigenvalue weighted by Gasteiger charge is -2.09. The minimum absolute atomic E-state index is 0. The molecule has 17 heavy (non-hydrogen) atoms. The Labute approximate surface area is 111 Å². The van der Waals surface area contributed by atoms with Crippen LogP contribution in [-0.2, 0) is 16.0 Å². The van der Waals surface area contributed by atoms with E-state index in [0.29, 0.717) is 17.0 Å². The highest BCUT2D eigenvalue weighted by Gasteiger charge is 2.14. The number of halogens is 2. The minimum Gasteiger partial charge on any atom is -0.468 e. The minimum atomic E-state index is -0.724. The Morgan fingerprint density at radius 3 is 2.82 bits per heavy atom. The topological polar surface area (TPSA) is 76.1 Å². The van der Waals surface area contributed by atoms with Gasteiger partial charge in [0, 0.05) is 0 Å². The van der Waals surface area contributed by atoms with Gasteiger partial charge in [-0.3, -0.25) is 4.79 Å². The Hall–Kier alpha value is -1.28. The van der Waals surface area contributed by atoms with E-state index in [1.165, 1.54) is 7.11 Å². The van der Waals surface area contributed by atoms with Crippen LogP contribution >= 0.6 is 24.0 Å². The number of nitrogens with two attached hydrogens (primary N) is 1. The van der Waals surface area contributed by atoms with Crippen LogP contribution in [0.2, 0.25) is 5.02 Å². The van der Waals surface area contributed by atoms with Gasteiger partial charge in [0.15, 0.2) is 0 Å². The Bertz CT molecular complexity index is 444. The monoisotopic (exact) mass is 274 g/mol. The Morgan fingerprint density at radius 2 is 2.29 bits per heavy atom. The first kappa shape index (κ1) is 15.7. The van der Waals surface area contributed by atoms with E-state index in [1.807, 2.05) is 6.07 Å². The van der Waals surface area contributed by atoms with E-state index in [1.54, 1.807) is 18.2 Å². The van der Waals surface area contributed by atoms with Gasteiger partial charge in [-0.25, -0.2) is 0 Å². The van der Waals surface area contributed by atoms with Crippen molar-refractivity contribution >= 4 is 30.0 Å². The molecule has 1 atom stereocenters. The van der Waals surface area contributed by atoms with Crippen LogP contribution in [0.15, 0.2) is 18.2 Å². The number of hydrogen-bond donors (Lipinski definition) is 1. The summed E-state index contributed by atoms with van der Waals surface area (Å²) in [6.07, 6.45) is 0.318. The molecule has 92 valence electrons. The molecule has 0 saturated carbocycles. The summed E-state index contributed by atoms with van der Waals surface area (Å²) in [6.45, 7) is 0. The van der Waals surface area contributed by atoms with Crippen molar-refractivity contribution in [3.8, 4) is 6.07 Å². The highest BCUT2D eigenvalue weighted by atomic mass is 35.5. The SMILES string of the molecule is COC(=O)C(N)Cc1ccc(Cl)c(C#N)c1.Cl. The zero-order valence-corrected chi connectivity index (χ0v) is 10.7. The van der Waals surface area contributed by atoms with Crippen LogP contribution in [0.25, 0.3) is 0 Å². The number of ether oxygens (including phenoxy) is 1. The third-order valence-corrected chi connectivity index (χ3v) is 2.44. The first-order valence-electron chi connectivity index (χ1n) is 4.60. The lowest BCUT2D eigenvalue weighted by atomic mass is 10.0. The molecule has 0 fully saturated rings. The number of carbonyl (C=O) groups is 1. The molecule has 4 nitrogen and oxygen atoms in total. The molecule has 0 aliphatic rings. The molecular formula is C11H12Cl2N2O2. The zero-order chi connectivity index (χ0) is 12.1. The number of carbonyl (C=O) groups excluding carboxylic acids is 1. The predicted molar refractivity (Wildman–Crippen MR) is 67.1 cm³/mol. The smallest absolute Gasteiger partial charge is 0.322 e. The van der Waals surface area contributed by atoms with E-state index in [-0.39, 0.29) is 12.4 Å². The molecule has 0 radical (unpaired) electrons. The van der Waals surface area contributed by atoms with Crippen molar-refractivity contribution in [1.29, 1.82) is 5.26 Å². The fourth-order valence-corrected chi connectivity index (χ4v) is 1.43. The Kier molecular flexibility index (Phi) is 6.59. The van der Waals surface area contributed by atoms with E-state index in [2.05, 4.69) is 4.74 Å².